The molecule has 0 saturated carbocycles. The van der Waals surface area contributed by atoms with E-state index in [9.17, 15) is 0 Å². The highest BCUT2D eigenvalue weighted by molar-refractivity contribution is 5.81. The van der Waals surface area contributed by atoms with Gasteiger partial charge in [0.05, 0.1) is 25.5 Å². The lowest BCUT2D eigenvalue weighted by Crippen LogP contribution is -2.17. The fraction of sp³-hybridized carbons (Fsp3) is 0.800. The minimum Gasteiger partial charge on any atom is -0.498 e. The number of nitrogens with zero attached hydrogens (tertiary/aromatic N) is 2. The van der Waals surface area contributed by atoms with E-state index in [1.165, 1.54) is 11.3 Å². The Morgan fingerprint density at radius 1 is 1.12 bits per heavy atom. The summed E-state index contributed by atoms with van der Waals surface area (Å²) >= 11 is 0. The number of hydrogen-bond donors (Lipinski definition) is 0. The van der Waals surface area contributed by atoms with Gasteiger partial charge in [-0.05, 0) is 44.6 Å². The Morgan fingerprint density at radius 2 is 1.92 bits per heavy atom. The molecule has 5 heteroatoms. The molecule has 0 aromatic carbocycles. The molecule has 0 bridgehead atoms. The molecule has 1 atom stereocenters. The molecular weight excluding hydrogens is 316 g/mol. The molecule has 0 aromatic heterocycles. The van der Waals surface area contributed by atoms with Gasteiger partial charge < -0.3 is 14.2 Å². The number of hydrogen-bond acceptors (Lipinski definition) is 5. The average molecular weight is 351 g/mol. The summed E-state index contributed by atoms with van der Waals surface area (Å²) in [6.07, 6.45) is 7.15. The summed E-state index contributed by atoms with van der Waals surface area (Å²) in [5, 5.41) is 0. The van der Waals surface area contributed by atoms with Gasteiger partial charge in [0.2, 0.25) is 0 Å². The van der Waals surface area contributed by atoms with Gasteiger partial charge in [0.25, 0.3) is 0 Å². The molecular formula is C20H34N2O3. The molecule has 1 unspecified atom stereocenters. The summed E-state index contributed by atoms with van der Waals surface area (Å²) in [6.45, 7) is 10.4. The van der Waals surface area contributed by atoms with Gasteiger partial charge in [-0.1, -0.05) is 13.8 Å². The van der Waals surface area contributed by atoms with Crippen LogP contribution in [0.5, 0.6) is 0 Å². The van der Waals surface area contributed by atoms with Gasteiger partial charge in [-0.2, -0.15) is 0 Å². The fourth-order valence-corrected chi connectivity index (χ4v) is 3.16. The zero-order valence-corrected chi connectivity index (χ0v) is 16.2. The topological polar surface area (TPSA) is 52.4 Å². The third kappa shape index (κ3) is 6.71. The number of ether oxygens (including phenoxy) is 3. The highest BCUT2D eigenvalue weighted by Gasteiger charge is 2.22. The van der Waals surface area contributed by atoms with Crippen LogP contribution in [0.3, 0.4) is 0 Å². The molecule has 2 aliphatic rings. The molecule has 0 aromatic rings. The highest BCUT2D eigenvalue weighted by atomic mass is 16.5. The Bertz CT molecular complexity index is 497. The van der Waals surface area contributed by atoms with E-state index >= 15 is 0 Å². The van der Waals surface area contributed by atoms with Gasteiger partial charge in [0.1, 0.15) is 13.2 Å². The van der Waals surface area contributed by atoms with Crippen molar-refractivity contribution in [2.75, 3.05) is 32.9 Å². The summed E-state index contributed by atoms with van der Waals surface area (Å²) in [7, 11) is 0. The lowest BCUT2D eigenvalue weighted by Gasteiger charge is -2.18. The van der Waals surface area contributed by atoms with Crippen molar-refractivity contribution in [2.45, 2.75) is 65.7 Å². The van der Waals surface area contributed by atoms with Gasteiger partial charge in [0, 0.05) is 18.8 Å². The van der Waals surface area contributed by atoms with Gasteiger partial charge in [-0.3, -0.25) is 9.98 Å². The van der Waals surface area contributed by atoms with Crippen LogP contribution in [0.4, 0.5) is 0 Å². The molecule has 0 radical (unpaired) electrons. The van der Waals surface area contributed by atoms with Crippen molar-refractivity contribution in [3.05, 3.63) is 11.3 Å². The standard InChI is InChI=1S/C20H34N2O3/c1-4-13-23-18(16(3)5-2)8-6-7-17(20-22-12-15-25-20)9-10-19-21-11-14-24-19/h17H,4-15H2,1-3H3/b18-16+. The summed E-state index contributed by atoms with van der Waals surface area (Å²) in [5.41, 5.74) is 1.37. The van der Waals surface area contributed by atoms with E-state index in [2.05, 4.69) is 30.8 Å². The first-order valence-corrected chi connectivity index (χ1v) is 9.89. The Hall–Kier alpha value is -1.52. The zero-order valence-electron chi connectivity index (χ0n) is 16.2. The Labute approximate surface area is 152 Å². The van der Waals surface area contributed by atoms with Crippen LogP contribution in [0.25, 0.3) is 0 Å². The maximum atomic E-state index is 5.97. The Kier molecular flexibility index (Phi) is 8.84. The smallest absolute Gasteiger partial charge is 0.186 e. The first-order valence-electron chi connectivity index (χ1n) is 9.89. The van der Waals surface area contributed by atoms with Crippen molar-refractivity contribution < 1.29 is 14.2 Å². The molecule has 0 aliphatic carbocycles. The quantitative estimate of drug-likeness (QED) is 0.486. The molecule has 0 spiro atoms. The first-order chi connectivity index (χ1) is 12.2. The van der Waals surface area contributed by atoms with E-state index in [0.717, 1.165) is 89.7 Å². The van der Waals surface area contributed by atoms with Gasteiger partial charge in [0.15, 0.2) is 11.8 Å². The average Bonchev–Trinajstić information content (AvgIpc) is 3.33. The Morgan fingerprint density at radius 3 is 2.56 bits per heavy atom. The van der Waals surface area contributed by atoms with E-state index in [-0.39, 0.29) is 0 Å². The number of allylic oxidation sites excluding steroid dienone is 2. The molecule has 5 nitrogen and oxygen atoms in total. The van der Waals surface area contributed by atoms with E-state index in [1.807, 2.05) is 0 Å². The molecule has 0 saturated heterocycles. The van der Waals surface area contributed by atoms with Crippen LogP contribution >= 0.6 is 0 Å². The van der Waals surface area contributed by atoms with Gasteiger partial charge in [-0.15, -0.1) is 0 Å². The molecule has 2 heterocycles. The molecule has 2 aliphatic heterocycles. The fourth-order valence-electron chi connectivity index (χ4n) is 3.16. The van der Waals surface area contributed by atoms with Crippen molar-refractivity contribution >= 4 is 11.8 Å². The van der Waals surface area contributed by atoms with Crippen molar-refractivity contribution in [2.24, 2.45) is 15.9 Å². The normalized spacial score (nSPS) is 18.8. The third-order valence-corrected chi connectivity index (χ3v) is 4.76. The third-order valence-electron chi connectivity index (χ3n) is 4.76. The van der Waals surface area contributed by atoms with Crippen LogP contribution in [-0.2, 0) is 14.2 Å². The molecule has 25 heavy (non-hydrogen) atoms. The van der Waals surface area contributed by atoms with Crippen LogP contribution in [0.15, 0.2) is 21.3 Å². The molecule has 0 fully saturated rings. The highest BCUT2D eigenvalue weighted by Crippen LogP contribution is 2.24. The lowest BCUT2D eigenvalue weighted by atomic mass is 9.95. The van der Waals surface area contributed by atoms with E-state index < -0.39 is 0 Å². The van der Waals surface area contributed by atoms with Crippen LogP contribution < -0.4 is 0 Å². The minimum atomic E-state index is 0.365. The molecule has 0 amide bonds. The number of rotatable bonds is 12. The summed E-state index contributed by atoms with van der Waals surface area (Å²) in [5.74, 6) is 3.38. The van der Waals surface area contributed by atoms with Crippen molar-refractivity contribution in [3.63, 3.8) is 0 Å². The number of aliphatic imine (C=N–C) groups is 2. The van der Waals surface area contributed by atoms with Crippen molar-refractivity contribution in [3.8, 4) is 0 Å². The minimum absolute atomic E-state index is 0.365. The SMILES string of the molecule is CCCO/C(CCCC(CCC1=NCCO1)C1=NCCO1)=C(\C)CC. The predicted molar refractivity (Wildman–Crippen MR) is 102 cm³/mol. The van der Waals surface area contributed by atoms with Crippen LogP contribution in [-0.4, -0.2) is 44.7 Å². The molecule has 2 rings (SSSR count). The van der Waals surface area contributed by atoms with Crippen LogP contribution in [0.2, 0.25) is 0 Å². The zero-order chi connectivity index (χ0) is 17.9. The second kappa shape index (κ2) is 11.2. The van der Waals surface area contributed by atoms with Crippen molar-refractivity contribution in [1.29, 1.82) is 0 Å². The summed E-state index contributed by atoms with van der Waals surface area (Å²) < 4.78 is 17.3. The van der Waals surface area contributed by atoms with Gasteiger partial charge in [-0.25, -0.2) is 0 Å². The Balaban J connectivity index is 1.85. The van der Waals surface area contributed by atoms with Gasteiger partial charge >= 0.3 is 0 Å². The maximum Gasteiger partial charge on any atom is 0.186 e. The van der Waals surface area contributed by atoms with Crippen LogP contribution in [0, 0.1) is 5.92 Å². The van der Waals surface area contributed by atoms with E-state index in [1.54, 1.807) is 0 Å². The maximum absolute atomic E-state index is 5.97. The lowest BCUT2D eigenvalue weighted by molar-refractivity contribution is 0.195. The molecule has 142 valence electrons. The summed E-state index contributed by atoms with van der Waals surface area (Å²) in [4.78, 5) is 8.95. The largest absolute Gasteiger partial charge is 0.498 e. The van der Waals surface area contributed by atoms with Crippen molar-refractivity contribution in [1.82, 2.24) is 0 Å². The second-order valence-electron chi connectivity index (χ2n) is 6.73. The van der Waals surface area contributed by atoms with Crippen LogP contribution in [0.1, 0.15) is 65.7 Å². The monoisotopic (exact) mass is 350 g/mol. The first kappa shape index (κ1) is 19.8. The summed E-state index contributed by atoms with van der Waals surface area (Å²) in [6, 6.07) is 0. The second-order valence-corrected chi connectivity index (χ2v) is 6.73. The predicted octanol–water partition coefficient (Wildman–Crippen LogP) is 4.52. The van der Waals surface area contributed by atoms with E-state index in [0.29, 0.717) is 5.92 Å². The molecule has 0 N–H and O–H groups in total. The van der Waals surface area contributed by atoms with E-state index in [4.69, 9.17) is 14.2 Å².